The fourth-order valence-electron chi connectivity index (χ4n) is 2.81. The minimum absolute atomic E-state index is 0.167. The van der Waals surface area contributed by atoms with Crippen molar-refractivity contribution in [3.8, 4) is 0 Å². The van der Waals surface area contributed by atoms with Crippen molar-refractivity contribution < 1.29 is 4.79 Å². The smallest absolute Gasteiger partial charge is 0.230 e. The second-order valence-corrected chi connectivity index (χ2v) is 5.89. The summed E-state index contributed by atoms with van der Waals surface area (Å²) in [6.07, 6.45) is 3.03. The lowest BCUT2D eigenvalue weighted by atomic mass is 9.95. The molecule has 1 fully saturated rings. The Labute approximate surface area is 127 Å². The molecule has 3 N–H and O–H groups in total. The highest BCUT2D eigenvalue weighted by atomic mass is 16.2. The molecule has 0 saturated heterocycles. The maximum absolute atomic E-state index is 12.5. The highest BCUT2D eigenvalue weighted by Gasteiger charge is 2.50. The van der Waals surface area contributed by atoms with Crippen LogP contribution in [0, 0.1) is 0 Å². The normalized spacial score (nSPS) is 16.0. The number of hydrogen-bond donors (Lipinski definition) is 2. The summed E-state index contributed by atoms with van der Waals surface area (Å²) >= 11 is 0. The van der Waals surface area contributed by atoms with E-state index in [2.05, 4.69) is 24.1 Å². The topological polar surface area (TPSA) is 58.4 Å². The standard InChI is InChI=1S/C17H27N3O/c1-3-12-20(4-2)13-11-19-16(21)17(9-10-17)14-5-7-15(18)8-6-14/h5-8H,3-4,9-13,18H2,1-2H3,(H,19,21). The predicted molar refractivity (Wildman–Crippen MR) is 87.2 cm³/mol. The van der Waals surface area contributed by atoms with Gasteiger partial charge in [-0.2, -0.15) is 0 Å². The SMILES string of the molecule is CCCN(CC)CCNC(=O)C1(c2ccc(N)cc2)CC1. The summed E-state index contributed by atoms with van der Waals surface area (Å²) in [6.45, 7) is 8.12. The number of hydrogen-bond acceptors (Lipinski definition) is 3. The van der Waals surface area contributed by atoms with Gasteiger partial charge in [-0.15, -0.1) is 0 Å². The van der Waals surface area contributed by atoms with Gasteiger partial charge in [-0.05, 0) is 50.0 Å². The van der Waals surface area contributed by atoms with E-state index in [-0.39, 0.29) is 11.3 Å². The van der Waals surface area contributed by atoms with Crippen molar-refractivity contribution >= 4 is 11.6 Å². The van der Waals surface area contributed by atoms with Crippen LogP contribution in [0.15, 0.2) is 24.3 Å². The molecule has 0 unspecified atom stereocenters. The summed E-state index contributed by atoms with van der Waals surface area (Å²) in [6, 6.07) is 7.72. The van der Waals surface area contributed by atoms with E-state index in [0.717, 1.165) is 56.7 Å². The average Bonchev–Trinajstić information content (AvgIpc) is 3.28. The van der Waals surface area contributed by atoms with Crippen LogP contribution < -0.4 is 11.1 Å². The monoisotopic (exact) mass is 289 g/mol. The first-order chi connectivity index (χ1) is 10.1. The molecule has 1 aliphatic carbocycles. The number of carbonyl (C=O) groups excluding carboxylic acids is 1. The third kappa shape index (κ3) is 3.76. The van der Waals surface area contributed by atoms with E-state index in [9.17, 15) is 4.79 Å². The minimum Gasteiger partial charge on any atom is -0.399 e. The van der Waals surface area contributed by atoms with Crippen molar-refractivity contribution in [2.24, 2.45) is 0 Å². The first-order valence-corrected chi connectivity index (χ1v) is 7.99. The lowest BCUT2D eigenvalue weighted by Crippen LogP contribution is -2.40. The van der Waals surface area contributed by atoms with E-state index < -0.39 is 0 Å². The van der Waals surface area contributed by atoms with Crippen LogP contribution in [0.1, 0.15) is 38.7 Å². The van der Waals surface area contributed by atoms with Gasteiger partial charge in [-0.25, -0.2) is 0 Å². The van der Waals surface area contributed by atoms with Gasteiger partial charge in [-0.3, -0.25) is 4.79 Å². The Bertz CT molecular complexity index is 465. The number of nitrogens with two attached hydrogens (primary N) is 1. The van der Waals surface area contributed by atoms with Gasteiger partial charge in [0, 0.05) is 18.8 Å². The molecular weight excluding hydrogens is 262 g/mol. The number of nitrogens with one attached hydrogen (secondary N) is 1. The maximum Gasteiger partial charge on any atom is 0.230 e. The van der Waals surface area contributed by atoms with Gasteiger partial charge in [-0.1, -0.05) is 26.0 Å². The van der Waals surface area contributed by atoms with Crippen LogP contribution in [0.4, 0.5) is 5.69 Å². The molecule has 1 aromatic rings. The fourth-order valence-corrected chi connectivity index (χ4v) is 2.81. The van der Waals surface area contributed by atoms with Crippen LogP contribution in [0.5, 0.6) is 0 Å². The Morgan fingerprint density at radius 3 is 2.43 bits per heavy atom. The van der Waals surface area contributed by atoms with Gasteiger partial charge in [0.05, 0.1) is 5.41 Å². The van der Waals surface area contributed by atoms with Crippen LogP contribution in [0.3, 0.4) is 0 Å². The second-order valence-electron chi connectivity index (χ2n) is 5.89. The third-order valence-corrected chi connectivity index (χ3v) is 4.35. The first kappa shape index (κ1) is 15.8. The number of benzene rings is 1. The summed E-state index contributed by atoms with van der Waals surface area (Å²) in [5.74, 6) is 0.167. The Balaban J connectivity index is 1.87. The van der Waals surface area contributed by atoms with Gasteiger partial charge >= 0.3 is 0 Å². The first-order valence-electron chi connectivity index (χ1n) is 7.99. The van der Waals surface area contributed by atoms with E-state index in [1.807, 2.05) is 24.3 Å². The number of likely N-dealkylation sites (N-methyl/N-ethyl adjacent to an activating group) is 1. The minimum atomic E-state index is -0.296. The number of anilines is 1. The zero-order chi connectivity index (χ0) is 15.3. The summed E-state index contributed by atoms with van der Waals surface area (Å²) in [4.78, 5) is 14.8. The Morgan fingerprint density at radius 1 is 1.24 bits per heavy atom. The molecule has 0 aliphatic heterocycles. The Morgan fingerprint density at radius 2 is 1.90 bits per heavy atom. The number of nitrogen functional groups attached to an aromatic ring is 1. The number of nitrogens with zero attached hydrogens (tertiary/aromatic N) is 1. The number of amides is 1. The summed E-state index contributed by atoms with van der Waals surface area (Å²) < 4.78 is 0. The highest BCUT2D eigenvalue weighted by Crippen LogP contribution is 2.48. The van der Waals surface area contributed by atoms with Gasteiger partial charge in [0.15, 0.2) is 0 Å². The lowest BCUT2D eigenvalue weighted by molar-refractivity contribution is -0.123. The Hall–Kier alpha value is -1.55. The van der Waals surface area contributed by atoms with Gasteiger partial charge in [0.1, 0.15) is 0 Å². The summed E-state index contributed by atoms with van der Waals surface area (Å²) in [5, 5.41) is 3.11. The van der Waals surface area contributed by atoms with Crippen LogP contribution in [-0.2, 0) is 10.2 Å². The molecule has 21 heavy (non-hydrogen) atoms. The van der Waals surface area contributed by atoms with Crippen molar-refractivity contribution in [2.45, 2.75) is 38.5 Å². The predicted octanol–water partition coefficient (Wildman–Crippen LogP) is 2.15. The lowest BCUT2D eigenvalue weighted by Gasteiger charge is -2.21. The molecule has 2 rings (SSSR count). The zero-order valence-corrected chi connectivity index (χ0v) is 13.2. The van der Waals surface area contributed by atoms with E-state index in [4.69, 9.17) is 5.73 Å². The van der Waals surface area contributed by atoms with Crippen molar-refractivity contribution in [3.63, 3.8) is 0 Å². The second kappa shape index (κ2) is 6.94. The third-order valence-electron chi connectivity index (χ3n) is 4.35. The molecule has 1 aromatic carbocycles. The van der Waals surface area contributed by atoms with Crippen LogP contribution in [-0.4, -0.2) is 37.0 Å². The van der Waals surface area contributed by atoms with Gasteiger partial charge in [0.25, 0.3) is 0 Å². The largest absolute Gasteiger partial charge is 0.399 e. The molecule has 0 heterocycles. The zero-order valence-electron chi connectivity index (χ0n) is 13.2. The molecule has 1 amide bonds. The fraction of sp³-hybridized carbons (Fsp3) is 0.588. The number of rotatable bonds is 8. The van der Waals surface area contributed by atoms with Crippen molar-refractivity contribution in [1.82, 2.24) is 10.2 Å². The average molecular weight is 289 g/mol. The molecule has 4 nitrogen and oxygen atoms in total. The van der Waals surface area contributed by atoms with Gasteiger partial charge < -0.3 is 16.0 Å². The molecule has 0 spiro atoms. The molecular formula is C17H27N3O. The van der Waals surface area contributed by atoms with E-state index in [1.54, 1.807) is 0 Å². The maximum atomic E-state index is 12.5. The van der Waals surface area contributed by atoms with E-state index in [1.165, 1.54) is 0 Å². The van der Waals surface area contributed by atoms with Crippen molar-refractivity contribution in [3.05, 3.63) is 29.8 Å². The highest BCUT2D eigenvalue weighted by molar-refractivity contribution is 5.91. The van der Waals surface area contributed by atoms with E-state index in [0.29, 0.717) is 0 Å². The quantitative estimate of drug-likeness (QED) is 0.721. The molecule has 1 saturated carbocycles. The van der Waals surface area contributed by atoms with Crippen LogP contribution in [0.25, 0.3) is 0 Å². The van der Waals surface area contributed by atoms with Crippen molar-refractivity contribution in [1.29, 1.82) is 0 Å². The molecule has 0 radical (unpaired) electrons. The van der Waals surface area contributed by atoms with Crippen molar-refractivity contribution in [2.75, 3.05) is 31.9 Å². The molecule has 0 atom stereocenters. The Kier molecular flexibility index (Phi) is 5.23. The molecule has 0 aromatic heterocycles. The number of carbonyl (C=O) groups is 1. The van der Waals surface area contributed by atoms with Crippen LogP contribution in [0.2, 0.25) is 0 Å². The van der Waals surface area contributed by atoms with Crippen LogP contribution >= 0.6 is 0 Å². The molecule has 116 valence electrons. The molecule has 4 heteroatoms. The molecule has 1 aliphatic rings. The summed E-state index contributed by atoms with van der Waals surface area (Å²) in [7, 11) is 0. The summed E-state index contributed by atoms with van der Waals surface area (Å²) in [5.41, 5.74) is 7.26. The van der Waals surface area contributed by atoms with Gasteiger partial charge in [0.2, 0.25) is 5.91 Å². The molecule has 0 bridgehead atoms. The van der Waals surface area contributed by atoms with E-state index >= 15 is 0 Å².